The van der Waals surface area contributed by atoms with Gasteiger partial charge in [0.05, 0.1) is 19.8 Å². The highest BCUT2D eigenvalue weighted by molar-refractivity contribution is 14.0. The fourth-order valence-electron chi connectivity index (χ4n) is 3.98. The van der Waals surface area contributed by atoms with E-state index in [4.69, 9.17) is 14.5 Å². The quantitative estimate of drug-likeness (QED) is 0.210. The number of nitrogens with one attached hydrogen (secondary N) is 1. The average molecular weight is 536 g/mol. The van der Waals surface area contributed by atoms with E-state index >= 15 is 0 Å². The molecule has 1 aromatic rings. The number of nitrogens with zero attached hydrogens (tertiary/aromatic N) is 5. The van der Waals surface area contributed by atoms with Gasteiger partial charge in [0.1, 0.15) is 5.82 Å². The van der Waals surface area contributed by atoms with Crippen molar-refractivity contribution in [2.75, 3.05) is 53.1 Å². The third-order valence-corrected chi connectivity index (χ3v) is 5.53. The molecule has 1 fully saturated rings. The van der Waals surface area contributed by atoms with Crippen molar-refractivity contribution < 1.29 is 9.47 Å². The summed E-state index contributed by atoms with van der Waals surface area (Å²) in [6.07, 6.45) is 5.04. The molecule has 0 spiro atoms. The molecule has 2 aliphatic heterocycles. The van der Waals surface area contributed by atoms with E-state index in [1.807, 2.05) is 4.57 Å². The number of guanidine groups is 1. The number of fused-ring (bicyclic) bond motifs is 1. The number of halogens is 1. The summed E-state index contributed by atoms with van der Waals surface area (Å²) >= 11 is 0. The second kappa shape index (κ2) is 13.3. The zero-order chi connectivity index (χ0) is 20.5. The lowest BCUT2D eigenvalue weighted by Gasteiger charge is -2.21. The van der Waals surface area contributed by atoms with E-state index in [9.17, 15) is 4.79 Å². The number of hydrogen-bond acceptors (Lipinski definition) is 5. The predicted molar refractivity (Wildman–Crippen MR) is 128 cm³/mol. The van der Waals surface area contributed by atoms with Gasteiger partial charge in [0.25, 0.3) is 0 Å². The summed E-state index contributed by atoms with van der Waals surface area (Å²) in [4.78, 5) is 19.5. The van der Waals surface area contributed by atoms with Crippen molar-refractivity contribution >= 4 is 29.9 Å². The van der Waals surface area contributed by atoms with Crippen LogP contribution in [0.15, 0.2) is 9.79 Å². The van der Waals surface area contributed by atoms with Gasteiger partial charge in [0.15, 0.2) is 5.96 Å². The molecule has 0 aromatic carbocycles. The molecule has 0 saturated carbocycles. The normalized spacial score (nSPS) is 18.9. The second-order valence-electron chi connectivity index (χ2n) is 7.79. The first kappa shape index (κ1) is 25.1. The Balaban J connectivity index is 0.00000320. The molecule has 0 amide bonds. The topological polar surface area (TPSA) is 85.9 Å². The third kappa shape index (κ3) is 6.94. The lowest BCUT2D eigenvalue weighted by molar-refractivity contribution is 0.0536. The minimum Gasteiger partial charge on any atom is -0.382 e. The van der Waals surface area contributed by atoms with Crippen LogP contribution in [-0.4, -0.2) is 78.3 Å². The number of likely N-dealkylation sites (tertiary alicyclic amines) is 1. The smallest absolute Gasteiger partial charge is 0.345 e. The van der Waals surface area contributed by atoms with Gasteiger partial charge >= 0.3 is 5.69 Å². The molecule has 172 valence electrons. The summed E-state index contributed by atoms with van der Waals surface area (Å²) in [5.41, 5.74) is 0.0337. The van der Waals surface area contributed by atoms with Crippen molar-refractivity contribution in [3.63, 3.8) is 0 Å². The molecule has 10 heteroatoms. The van der Waals surface area contributed by atoms with Gasteiger partial charge in [-0.05, 0) is 32.6 Å². The van der Waals surface area contributed by atoms with Crippen molar-refractivity contribution in [2.24, 2.45) is 10.9 Å². The molecular formula is C20H37IN6O3. The molecule has 1 N–H and O–H groups in total. The van der Waals surface area contributed by atoms with Gasteiger partial charge in [-0.3, -0.25) is 9.56 Å². The summed E-state index contributed by atoms with van der Waals surface area (Å²) < 4.78 is 14.2. The van der Waals surface area contributed by atoms with Crippen LogP contribution in [0, 0.1) is 5.92 Å². The Morgan fingerprint density at radius 3 is 2.93 bits per heavy atom. The van der Waals surface area contributed by atoms with Crippen LogP contribution in [-0.2, 0) is 29.0 Å². The second-order valence-corrected chi connectivity index (χ2v) is 7.79. The molecular weight excluding hydrogens is 499 g/mol. The maximum atomic E-state index is 12.4. The van der Waals surface area contributed by atoms with Gasteiger partial charge in [-0.15, -0.1) is 24.0 Å². The Labute approximate surface area is 196 Å². The molecule has 1 saturated heterocycles. The van der Waals surface area contributed by atoms with Gasteiger partial charge in [-0.2, -0.15) is 5.10 Å². The first-order valence-corrected chi connectivity index (χ1v) is 11.0. The van der Waals surface area contributed by atoms with Crippen molar-refractivity contribution in [1.29, 1.82) is 0 Å². The average Bonchev–Trinajstić information content (AvgIpc) is 3.33. The summed E-state index contributed by atoms with van der Waals surface area (Å²) in [6, 6.07) is 0. The molecule has 1 aromatic heterocycles. The van der Waals surface area contributed by atoms with Gasteiger partial charge in [-0.1, -0.05) is 0 Å². The van der Waals surface area contributed by atoms with E-state index in [1.165, 1.54) is 0 Å². The van der Waals surface area contributed by atoms with Crippen LogP contribution in [0.4, 0.5) is 0 Å². The number of aryl methyl sites for hydroxylation is 2. The van der Waals surface area contributed by atoms with Crippen molar-refractivity contribution in [3.05, 3.63) is 16.3 Å². The number of ether oxygens (including phenoxy) is 2. The van der Waals surface area contributed by atoms with Gasteiger partial charge in [0.2, 0.25) is 0 Å². The van der Waals surface area contributed by atoms with Crippen LogP contribution < -0.4 is 11.0 Å². The fourth-order valence-corrected chi connectivity index (χ4v) is 3.98. The van der Waals surface area contributed by atoms with E-state index in [2.05, 4.69) is 22.2 Å². The fraction of sp³-hybridized carbons (Fsp3) is 0.850. The van der Waals surface area contributed by atoms with Crippen LogP contribution >= 0.6 is 24.0 Å². The number of aliphatic imine (C=N–C) groups is 1. The maximum absolute atomic E-state index is 12.4. The van der Waals surface area contributed by atoms with Crippen molar-refractivity contribution in [2.45, 2.75) is 52.1 Å². The van der Waals surface area contributed by atoms with Gasteiger partial charge in [-0.25, -0.2) is 9.48 Å². The van der Waals surface area contributed by atoms with E-state index < -0.39 is 0 Å². The first-order valence-electron chi connectivity index (χ1n) is 11.0. The van der Waals surface area contributed by atoms with Crippen molar-refractivity contribution in [3.8, 4) is 0 Å². The lowest BCUT2D eigenvalue weighted by atomic mass is 10.1. The SMILES string of the molecule is CCNC(=NCCCn1nc2n(c1=O)CCCC2)N1CCC(COCCOC)C1.I. The summed E-state index contributed by atoms with van der Waals surface area (Å²) in [7, 11) is 1.69. The first-order chi connectivity index (χ1) is 14.2. The van der Waals surface area contributed by atoms with E-state index in [0.717, 1.165) is 76.7 Å². The zero-order valence-electron chi connectivity index (χ0n) is 18.3. The zero-order valence-corrected chi connectivity index (χ0v) is 20.7. The minimum absolute atomic E-state index is 0. The molecule has 1 unspecified atom stereocenters. The highest BCUT2D eigenvalue weighted by atomic mass is 127. The molecule has 0 aliphatic carbocycles. The van der Waals surface area contributed by atoms with E-state index in [1.54, 1.807) is 11.8 Å². The molecule has 9 nitrogen and oxygen atoms in total. The molecule has 1 atom stereocenters. The van der Waals surface area contributed by atoms with Crippen LogP contribution in [0.3, 0.4) is 0 Å². The lowest BCUT2D eigenvalue weighted by Crippen LogP contribution is -2.40. The summed E-state index contributed by atoms with van der Waals surface area (Å²) in [6.45, 7) is 9.07. The molecule has 0 radical (unpaired) electrons. The molecule has 0 bridgehead atoms. The maximum Gasteiger partial charge on any atom is 0.345 e. The molecule has 30 heavy (non-hydrogen) atoms. The minimum atomic E-state index is 0. The van der Waals surface area contributed by atoms with Gasteiger partial charge in [0, 0.05) is 58.7 Å². The molecule has 3 heterocycles. The Morgan fingerprint density at radius 1 is 1.30 bits per heavy atom. The summed E-state index contributed by atoms with van der Waals surface area (Å²) in [5, 5.41) is 7.90. The number of rotatable bonds is 10. The van der Waals surface area contributed by atoms with E-state index in [0.29, 0.717) is 32.2 Å². The third-order valence-electron chi connectivity index (χ3n) is 5.53. The monoisotopic (exact) mass is 536 g/mol. The van der Waals surface area contributed by atoms with E-state index in [-0.39, 0.29) is 29.7 Å². The Morgan fingerprint density at radius 2 is 2.17 bits per heavy atom. The predicted octanol–water partition coefficient (Wildman–Crippen LogP) is 1.34. The highest BCUT2D eigenvalue weighted by Crippen LogP contribution is 2.16. The Hall–Kier alpha value is -1.14. The molecule has 2 aliphatic rings. The van der Waals surface area contributed by atoms with Crippen LogP contribution in [0.5, 0.6) is 0 Å². The molecule has 3 rings (SSSR count). The van der Waals surface area contributed by atoms with Gasteiger partial charge < -0.3 is 19.7 Å². The van der Waals surface area contributed by atoms with Crippen LogP contribution in [0.25, 0.3) is 0 Å². The largest absolute Gasteiger partial charge is 0.382 e. The highest BCUT2D eigenvalue weighted by Gasteiger charge is 2.25. The Bertz CT molecular complexity index is 720. The summed E-state index contributed by atoms with van der Waals surface area (Å²) in [5.74, 6) is 2.43. The number of methoxy groups -OCH3 is 1. The Kier molecular flexibility index (Phi) is 11.1. The number of hydrogen-bond donors (Lipinski definition) is 1. The standard InChI is InChI=1S/C20H36N6O3.HI/c1-3-21-19(24-12-8-17(15-24)16-29-14-13-28-2)22-9-6-11-26-20(27)25-10-5-4-7-18(25)23-26;/h17H,3-16H2,1-2H3,(H,21,22);1H. The van der Waals surface area contributed by atoms with Crippen LogP contribution in [0.2, 0.25) is 0 Å². The van der Waals surface area contributed by atoms with Crippen molar-refractivity contribution in [1.82, 2.24) is 24.6 Å². The number of aromatic nitrogens is 3. The van der Waals surface area contributed by atoms with Crippen LogP contribution in [0.1, 0.15) is 38.4 Å².